The van der Waals surface area contributed by atoms with Crippen LogP contribution in [0, 0.1) is 0 Å². The minimum absolute atomic E-state index is 0.0595. The Bertz CT molecular complexity index is 973. The van der Waals surface area contributed by atoms with Crippen molar-refractivity contribution < 1.29 is 14.6 Å². The minimum atomic E-state index is -0.0595. The van der Waals surface area contributed by atoms with E-state index in [0.29, 0.717) is 38.2 Å². The number of hydrogen-bond acceptors (Lipinski definition) is 4. The van der Waals surface area contributed by atoms with Crippen LogP contribution in [-0.2, 0) is 6.42 Å². The summed E-state index contributed by atoms with van der Waals surface area (Å²) in [7, 11) is 1.58. The van der Waals surface area contributed by atoms with E-state index in [2.05, 4.69) is 36.8 Å². The largest absolute Gasteiger partial charge is 0.506 e. The number of carbonyl (C=O) groups is 1. The summed E-state index contributed by atoms with van der Waals surface area (Å²) in [5.74, 6) is 0.664. The molecule has 2 heterocycles. The third-order valence-corrected chi connectivity index (χ3v) is 5.20. The first-order valence-electron chi connectivity index (χ1n) is 7.66. The molecule has 0 aliphatic rings. The molecule has 0 saturated carbocycles. The van der Waals surface area contributed by atoms with Crippen LogP contribution in [0.1, 0.15) is 30.0 Å². The number of imidazole rings is 1. The van der Waals surface area contributed by atoms with Crippen molar-refractivity contribution in [3.63, 3.8) is 0 Å². The maximum Gasteiger partial charge on any atom is 0.178 e. The molecule has 25 heavy (non-hydrogen) atoms. The maximum atomic E-state index is 12.3. The number of hydrogen-bond donors (Lipinski definition) is 1. The van der Waals surface area contributed by atoms with Gasteiger partial charge in [-0.3, -0.25) is 9.20 Å². The van der Waals surface area contributed by atoms with Crippen LogP contribution in [0.4, 0.5) is 0 Å². The molecule has 130 valence electrons. The molecule has 5 nitrogen and oxygen atoms in total. The molecular formula is C18H16Br2N2O3. The lowest BCUT2D eigenvalue weighted by Gasteiger charge is -2.14. The minimum Gasteiger partial charge on any atom is -0.506 e. The lowest BCUT2D eigenvalue weighted by Crippen LogP contribution is -2.06. The van der Waals surface area contributed by atoms with E-state index in [0.717, 1.165) is 11.3 Å². The summed E-state index contributed by atoms with van der Waals surface area (Å²) in [5, 5.41) is 10.0. The third-order valence-electron chi connectivity index (χ3n) is 3.99. The normalized spacial score (nSPS) is 11.1. The molecule has 1 aromatic carbocycles. The SMILES string of the molecule is CCc1nc2ccc(OC)c(-c3cc(Br)c(O)c(Br)c3)n2c1C(C)=O. The molecule has 0 saturated heterocycles. The topological polar surface area (TPSA) is 63.8 Å². The Morgan fingerprint density at radius 2 is 1.92 bits per heavy atom. The Balaban J connectivity index is 2.48. The second-order valence-electron chi connectivity index (χ2n) is 5.55. The smallest absolute Gasteiger partial charge is 0.178 e. The van der Waals surface area contributed by atoms with Gasteiger partial charge in [-0.1, -0.05) is 6.92 Å². The third kappa shape index (κ3) is 2.95. The van der Waals surface area contributed by atoms with Gasteiger partial charge >= 0.3 is 0 Å². The van der Waals surface area contributed by atoms with E-state index < -0.39 is 0 Å². The highest BCUT2D eigenvalue weighted by Crippen LogP contribution is 2.40. The number of aromatic hydroxyl groups is 1. The number of benzene rings is 1. The molecule has 2 aromatic heterocycles. The molecule has 7 heteroatoms. The van der Waals surface area contributed by atoms with E-state index in [4.69, 9.17) is 4.74 Å². The Hall–Kier alpha value is -1.86. The predicted molar refractivity (Wildman–Crippen MR) is 104 cm³/mol. The quantitative estimate of drug-likeness (QED) is 0.548. The van der Waals surface area contributed by atoms with Crippen molar-refractivity contribution in [1.29, 1.82) is 0 Å². The number of pyridine rings is 1. The molecule has 3 rings (SSSR count). The molecule has 0 amide bonds. The number of methoxy groups -OCH3 is 1. The monoisotopic (exact) mass is 466 g/mol. The van der Waals surface area contributed by atoms with Gasteiger partial charge in [0.05, 0.1) is 27.4 Å². The number of nitrogens with zero attached hydrogens (tertiary/aromatic N) is 2. The van der Waals surface area contributed by atoms with Crippen molar-refractivity contribution in [1.82, 2.24) is 9.38 Å². The van der Waals surface area contributed by atoms with Crippen molar-refractivity contribution in [2.75, 3.05) is 7.11 Å². The van der Waals surface area contributed by atoms with Gasteiger partial charge in [-0.25, -0.2) is 4.98 Å². The van der Waals surface area contributed by atoms with E-state index in [9.17, 15) is 9.90 Å². The highest BCUT2D eigenvalue weighted by molar-refractivity contribution is 9.11. The lowest BCUT2D eigenvalue weighted by atomic mass is 10.1. The number of Topliss-reactive ketones (excluding diaryl/α,β-unsaturated/α-hetero) is 1. The first kappa shape index (κ1) is 17.9. The molecule has 0 aliphatic heterocycles. The number of phenols is 1. The fourth-order valence-electron chi connectivity index (χ4n) is 2.91. The molecule has 0 atom stereocenters. The molecule has 1 N–H and O–H groups in total. The Morgan fingerprint density at radius 3 is 2.44 bits per heavy atom. The van der Waals surface area contributed by atoms with Crippen molar-refractivity contribution in [3.05, 3.63) is 44.6 Å². The van der Waals surface area contributed by atoms with E-state index >= 15 is 0 Å². The standard InChI is InChI=1S/C18H16Br2N2O3/c1-4-13-16(9(2)23)22-15(21-13)6-5-14(25-3)17(22)10-7-11(19)18(24)12(20)8-10/h5-8,24H,4H2,1-3H3. The number of halogens is 2. The molecule has 0 bridgehead atoms. The van der Waals surface area contributed by atoms with Crippen LogP contribution in [-0.4, -0.2) is 27.4 Å². The summed E-state index contributed by atoms with van der Waals surface area (Å²) < 4.78 is 8.44. The van der Waals surface area contributed by atoms with Gasteiger partial charge < -0.3 is 9.84 Å². The lowest BCUT2D eigenvalue weighted by molar-refractivity contribution is 0.101. The molecule has 0 fully saturated rings. The number of aryl methyl sites for hydroxylation is 1. The highest BCUT2D eigenvalue weighted by Gasteiger charge is 2.22. The van der Waals surface area contributed by atoms with Gasteiger partial charge in [0.2, 0.25) is 0 Å². The van der Waals surface area contributed by atoms with Gasteiger partial charge in [-0.15, -0.1) is 0 Å². The molecular weight excluding hydrogens is 452 g/mol. The zero-order chi connectivity index (χ0) is 18.3. The number of carbonyl (C=O) groups excluding carboxylic acids is 1. The van der Waals surface area contributed by atoms with Crippen LogP contribution in [0.2, 0.25) is 0 Å². The predicted octanol–water partition coefficient (Wildman–Crippen LogP) is 5.01. The number of phenolic OH excluding ortho intramolecular Hbond substituents is 1. The van der Waals surface area contributed by atoms with Crippen molar-refractivity contribution >= 4 is 43.3 Å². The summed E-state index contributed by atoms with van der Waals surface area (Å²) in [6, 6.07) is 7.23. The van der Waals surface area contributed by atoms with E-state index in [1.54, 1.807) is 19.2 Å². The summed E-state index contributed by atoms with van der Waals surface area (Å²) in [5.41, 5.74) is 3.46. The van der Waals surface area contributed by atoms with Crippen molar-refractivity contribution in [2.45, 2.75) is 20.3 Å². The zero-order valence-electron chi connectivity index (χ0n) is 13.9. The first-order valence-corrected chi connectivity index (χ1v) is 9.25. The molecule has 0 aliphatic carbocycles. The second kappa shape index (κ2) is 6.80. The maximum absolute atomic E-state index is 12.3. The highest BCUT2D eigenvalue weighted by atomic mass is 79.9. The van der Waals surface area contributed by atoms with Gasteiger partial charge in [0.15, 0.2) is 5.78 Å². The van der Waals surface area contributed by atoms with Gasteiger partial charge in [0.25, 0.3) is 0 Å². The van der Waals surface area contributed by atoms with Crippen molar-refractivity contribution in [2.24, 2.45) is 0 Å². The van der Waals surface area contributed by atoms with Crippen LogP contribution in [0.3, 0.4) is 0 Å². The number of fused-ring (bicyclic) bond motifs is 1. The number of ketones is 1. The summed E-state index contributed by atoms with van der Waals surface area (Å²) in [4.78, 5) is 16.9. The Kier molecular flexibility index (Phi) is 4.88. The van der Waals surface area contributed by atoms with Crippen LogP contribution in [0.25, 0.3) is 16.9 Å². The van der Waals surface area contributed by atoms with Gasteiger partial charge in [0.1, 0.15) is 22.8 Å². The fraction of sp³-hybridized carbons (Fsp3) is 0.222. The van der Waals surface area contributed by atoms with E-state index in [1.807, 2.05) is 23.5 Å². The Morgan fingerprint density at radius 1 is 1.28 bits per heavy atom. The van der Waals surface area contributed by atoms with Crippen LogP contribution < -0.4 is 4.74 Å². The summed E-state index contributed by atoms with van der Waals surface area (Å²) >= 11 is 6.72. The van der Waals surface area contributed by atoms with E-state index in [-0.39, 0.29) is 11.5 Å². The summed E-state index contributed by atoms with van der Waals surface area (Å²) in [6.45, 7) is 3.51. The van der Waals surface area contributed by atoms with Gasteiger partial charge in [-0.2, -0.15) is 0 Å². The van der Waals surface area contributed by atoms with Gasteiger partial charge in [0, 0.05) is 12.5 Å². The average molecular weight is 468 g/mol. The van der Waals surface area contributed by atoms with Gasteiger partial charge in [-0.05, 0) is 62.5 Å². The second-order valence-corrected chi connectivity index (χ2v) is 7.26. The molecule has 3 aromatic rings. The van der Waals surface area contributed by atoms with Crippen LogP contribution in [0.15, 0.2) is 33.2 Å². The van der Waals surface area contributed by atoms with Crippen molar-refractivity contribution in [3.8, 4) is 22.8 Å². The van der Waals surface area contributed by atoms with Crippen LogP contribution in [0.5, 0.6) is 11.5 Å². The average Bonchev–Trinajstić information content (AvgIpc) is 2.97. The Labute approximate surface area is 161 Å². The summed E-state index contributed by atoms with van der Waals surface area (Å²) in [6.07, 6.45) is 0.654. The molecule has 0 radical (unpaired) electrons. The number of ether oxygens (including phenoxy) is 1. The molecule has 0 spiro atoms. The number of rotatable bonds is 4. The molecule has 0 unspecified atom stereocenters. The fourth-order valence-corrected chi connectivity index (χ4v) is 4.09. The first-order chi connectivity index (χ1) is 11.9. The zero-order valence-corrected chi connectivity index (χ0v) is 17.1. The van der Waals surface area contributed by atoms with Crippen LogP contribution >= 0.6 is 31.9 Å². The van der Waals surface area contributed by atoms with E-state index in [1.165, 1.54) is 6.92 Å². The number of aromatic nitrogens is 2.